The van der Waals surface area contributed by atoms with Gasteiger partial charge >= 0.3 is 0 Å². The van der Waals surface area contributed by atoms with Crippen molar-refractivity contribution in [1.82, 2.24) is 10.4 Å². The number of carbonyl (C=O) groups excluding carboxylic acids is 1. The second-order valence-electron chi connectivity index (χ2n) is 6.40. The number of hydrazone groups is 1. The van der Waals surface area contributed by atoms with Crippen molar-refractivity contribution >= 4 is 11.6 Å². The zero-order chi connectivity index (χ0) is 17.8. The summed E-state index contributed by atoms with van der Waals surface area (Å²) in [5, 5.41) is 4.44. The molecular weight excluding hydrogens is 322 g/mol. The lowest BCUT2D eigenvalue weighted by molar-refractivity contribution is -0.122. The molecule has 1 fully saturated rings. The zero-order valence-corrected chi connectivity index (χ0v) is 14.2. The van der Waals surface area contributed by atoms with Crippen LogP contribution in [0.2, 0.25) is 0 Å². The first kappa shape index (κ1) is 16.2. The minimum atomic E-state index is -0.0265. The number of hydrogen-bond acceptors (Lipinski definition) is 3. The molecular formula is C22H19N3O. The molecule has 1 heterocycles. The van der Waals surface area contributed by atoms with Gasteiger partial charge in [-0.15, -0.1) is 0 Å². The third kappa shape index (κ3) is 3.54. The van der Waals surface area contributed by atoms with Crippen LogP contribution in [-0.2, 0) is 4.79 Å². The van der Waals surface area contributed by atoms with Crippen LogP contribution in [0.15, 0.2) is 90.3 Å². The molecule has 128 valence electrons. The van der Waals surface area contributed by atoms with Gasteiger partial charge in [-0.25, -0.2) is 5.43 Å². The quantitative estimate of drug-likeness (QED) is 0.567. The first-order valence-electron chi connectivity index (χ1n) is 8.71. The SMILES string of the molecule is O=C(N/N=C(/c1ccccc1)c1ccncc1)[C@H]1C[C@H]1c1ccccc1. The average molecular weight is 341 g/mol. The highest BCUT2D eigenvalue weighted by molar-refractivity contribution is 6.13. The molecule has 4 heteroatoms. The number of aromatic nitrogens is 1. The van der Waals surface area contributed by atoms with Gasteiger partial charge in [0, 0.05) is 29.4 Å². The Bertz CT molecular complexity index is 866. The summed E-state index contributed by atoms with van der Waals surface area (Å²) in [7, 11) is 0. The molecule has 4 rings (SSSR count). The first-order chi connectivity index (χ1) is 12.8. The van der Waals surface area contributed by atoms with Crippen molar-refractivity contribution in [2.24, 2.45) is 11.0 Å². The smallest absolute Gasteiger partial charge is 0.243 e. The van der Waals surface area contributed by atoms with Crippen LogP contribution in [0.25, 0.3) is 0 Å². The molecule has 1 N–H and O–H groups in total. The molecule has 2 aromatic carbocycles. The van der Waals surface area contributed by atoms with Crippen LogP contribution in [-0.4, -0.2) is 16.6 Å². The van der Waals surface area contributed by atoms with E-state index in [0.717, 1.165) is 23.3 Å². The number of pyridine rings is 1. The van der Waals surface area contributed by atoms with E-state index < -0.39 is 0 Å². The van der Waals surface area contributed by atoms with Crippen molar-refractivity contribution in [1.29, 1.82) is 0 Å². The molecule has 2 atom stereocenters. The largest absolute Gasteiger partial charge is 0.273 e. The van der Waals surface area contributed by atoms with Gasteiger partial charge in [0.15, 0.2) is 0 Å². The summed E-state index contributed by atoms with van der Waals surface area (Å²) in [5.74, 6) is 0.268. The second kappa shape index (κ2) is 7.31. The molecule has 1 amide bonds. The summed E-state index contributed by atoms with van der Waals surface area (Å²) in [6, 6.07) is 23.8. The van der Waals surface area contributed by atoms with Crippen LogP contribution in [0.4, 0.5) is 0 Å². The van der Waals surface area contributed by atoms with Gasteiger partial charge in [-0.3, -0.25) is 9.78 Å². The number of rotatable bonds is 5. The fourth-order valence-electron chi connectivity index (χ4n) is 3.15. The molecule has 3 aromatic rings. The number of nitrogens with zero attached hydrogens (tertiary/aromatic N) is 2. The van der Waals surface area contributed by atoms with Gasteiger partial charge in [-0.1, -0.05) is 60.7 Å². The summed E-state index contributed by atoms with van der Waals surface area (Å²) in [6.45, 7) is 0. The van der Waals surface area contributed by atoms with Gasteiger partial charge in [-0.05, 0) is 30.0 Å². The maximum atomic E-state index is 12.5. The van der Waals surface area contributed by atoms with E-state index in [1.165, 1.54) is 5.56 Å². The van der Waals surface area contributed by atoms with Crippen LogP contribution in [0, 0.1) is 5.92 Å². The third-order valence-corrected chi connectivity index (χ3v) is 4.63. The molecule has 1 aromatic heterocycles. The molecule has 1 saturated carbocycles. The van der Waals surface area contributed by atoms with E-state index >= 15 is 0 Å². The van der Waals surface area contributed by atoms with Crippen LogP contribution in [0.5, 0.6) is 0 Å². The minimum absolute atomic E-state index is 0.00406. The summed E-state index contributed by atoms with van der Waals surface area (Å²) >= 11 is 0. The number of hydrogen-bond donors (Lipinski definition) is 1. The molecule has 0 unspecified atom stereocenters. The van der Waals surface area contributed by atoms with Crippen LogP contribution >= 0.6 is 0 Å². The first-order valence-corrected chi connectivity index (χ1v) is 8.71. The highest BCUT2D eigenvalue weighted by Crippen LogP contribution is 2.47. The minimum Gasteiger partial charge on any atom is -0.273 e. The van der Waals surface area contributed by atoms with Crippen molar-refractivity contribution in [3.8, 4) is 0 Å². The standard InChI is InChI=1S/C22H19N3O/c26-22(20-15-19(20)16-7-3-1-4-8-16)25-24-21(17-9-5-2-6-10-17)18-11-13-23-14-12-18/h1-14,19-20H,15H2,(H,25,26)/b24-21-/t19-,20-/m0/s1. The fraction of sp³-hybridized carbons (Fsp3) is 0.136. The Balaban J connectivity index is 1.52. The summed E-state index contributed by atoms with van der Waals surface area (Å²) in [5.41, 5.74) is 6.59. The lowest BCUT2D eigenvalue weighted by atomic mass is 10.0. The van der Waals surface area contributed by atoms with E-state index in [1.807, 2.05) is 60.7 Å². The van der Waals surface area contributed by atoms with Crippen LogP contribution < -0.4 is 5.43 Å². The summed E-state index contributed by atoms with van der Waals surface area (Å²) in [4.78, 5) is 16.6. The number of carbonyl (C=O) groups is 1. The van der Waals surface area contributed by atoms with Crippen molar-refractivity contribution in [3.05, 3.63) is 102 Å². The Kier molecular flexibility index (Phi) is 4.56. The van der Waals surface area contributed by atoms with E-state index in [4.69, 9.17) is 0 Å². The lowest BCUT2D eigenvalue weighted by Gasteiger charge is -2.08. The number of nitrogens with one attached hydrogen (secondary N) is 1. The topological polar surface area (TPSA) is 54.4 Å². The molecule has 1 aliphatic carbocycles. The third-order valence-electron chi connectivity index (χ3n) is 4.63. The second-order valence-corrected chi connectivity index (χ2v) is 6.40. The monoisotopic (exact) mass is 341 g/mol. The molecule has 0 aliphatic heterocycles. The lowest BCUT2D eigenvalue weighted by Crippen LogP contribution is -2.22. The number of amides is 1. The van der Waals surface area contributed by atoms with Gasteiger partial charge in [-0.2, -0.15) is 5.10 Å². The molecule has 1 aliphatic rings. The van der Waals surface area contributed by atoms with E-state index in [1.54, 1.807) is 12.4 Å². The fourth-order valence-corrected chi connectivity index (χ4v) is 3.15. The van der Waals surface area contributed by atoms with Gasteiger partial charge in [0.2, 0.25) is 5.91 Å². The van der Waals surface area contributed by atoms with Gasteiger partial charge in [0.05, 0.1) is 5.71 Å². The van der Waals surface area contributed by atoms with E-state index in [2.05, 4.69) is 27.6 Å². The summed E-state index contributed by atoms with van der Waals surface area (Å²) < 4.78 is 0. The Labute approximate surface area is 152 Å². The van der Waals surface area contributed by atoms with Crippen molar-refractivity contribution in [3.63, 3.8) is 0 Å². The zero-order valence-electron chi connectivity index (χ0n) is 14.2. The molecule has 0 bridgehead atoms. The van der Waals surface area contributed by atoms with Crippen LogP contribution in [0.3, 0.4) is 0 Å². The van der Waals surface area contributed by atoms with Crippen molar-refractivity contribution in [2.75, 3.05) is 0 Å². The van der Waals surface area contributed by atoms with Crippen LogP contribution in [0.1, 0.15) is 29.0 Å². The Morgan fingerprint density at radius 3 is 2.19 bits per heavy atom. The van der Waals surface area contributed by atoms with E-state index in [-0.39, 0.29) is 11.8 Å². The Morgan fingerprint density at radius 1 is 0.885 bits per heavy atom. The maximum absolute atomic E-state index is 12.5. The van der Waals surface area contributed by atoms with Gasteiger partial charge < -0.3 is 0 Å². The van der Waals surface area contributed by atoms with Crippen molar-refractivity contribution < 1.29 is 4.79 Å². The molecule has 0 radical (unpaired) electrons. The molecule has 4 nitrogen and oxygen atoms in total. The average Bonchev–Trinajstić information content (AvgIpc) is 3.51. The predicted molar refractivity (Wildman–Crippen MR) is 102 cm³/mol. The summed E-state index contributed by atoms with van der Waals surface area (Å²) in [6.07, 6.45) is 4.32. The Morgan fingerprint density at radius 2 is 1.50 bits per heavy atom. The molecule has 0 saturated heterocycles. The number of benzene rings is 2. The highest BCUT2D eigenvalue weighted by Gasteiger charge is 2.43. The highest BCUT2D eigenvalue weighted by atomic mass is 16.2. The maximum Gasteiger partial charge on any atom is 0.243 e. The van der Waals surface area contributed by atoms with Gasteiger partial charge in [0.1, 0.15) is 0 Å². The normalized spacial score (nSPS) is 19.0. The molecule has 26 heavy (non-hydrogen) atoms. The van der Waals surface area contributed by atoms with E-state index in [0.29, 0.717) is 5.92 Å². The predicted octanol–water partition coefficient (Wildman–Crippen LogP) is 3.75. The van der Waals surface area contributed by atoms with Gasteiger partial charge in [0.25, 0.3) is 0 Å². The van der Waals surface area contributed by atoms with Crippen molar-refractivity contribution in [2.45, 2.75) is 12.3 Å². The van der Waals surface area contributed by atoms with E-state index in [9.17, 15) is 4.79 Å². The molecule has 0 spiro atoms. The Hall–Kier alpha value is -3.27.